The summed E-state index contributed by atoms with van der Waals surface area (Å²) in [7, 11) is 0. The molecule has 0 rings (SSSR count). The van der Waals surface area contributed by atoms with E-state index in [4.69, 9.17) is 5.73 Å². The number of hydrogen-bond donors (Lipinski definition) is 8. The molecule has 1 unspecified atom stereocenters. The Morgan fingerprint density at radius 1 is 0.367 bits per heavy atom. The summed E-state index contributed by atoms with van der Waals surface area (Å²) in [6.45, 7) is 20.2. The Bertz CT molecular complexity index is 1970. The van der Waals surface area contributed by atoms with Crippen molar-refractivity contribution in [2.24, 2.45) is 47.2 Å². The number of unbranched alkanes of at least 4 members (excludes halogenated alkanes) is 24. The lowest BCUT2D eigenvalue weighted by Crippen LogP contribution is -2.54. The highest BCUT2D eigenvalue weighted by molar-refractivity contribution is 5.98. The molecule has 5 amide bonds. The Morgan fingerprint density at radius 2 is 0.767 bits per heavy atom. The van der Waals surface area contributed by atoms with E-state index >= 15 is 0 Å². The minimum absolute atomic E-state index is 0.0195. The van der Waals surface area contributed by atoms with E-state index in [0.717, 1.165) is 51.4 Å². The predicted octanol–water partition coefficient (Wildman–Crippen LogP) is 13.0. The molecule has 0 aromatic carbocycles. The Labute approximate surface area is 547 Å². The summed E-state index contributed by atoms with van der Waals surface area (Å²) < 4.78 is 0. The van der Waals surface area contributed by atoms with Crippen LogP contribution in [0.3, 0.4) is 0 Å². The van der Waals surface area contributed by atoms with Gasteiger partial charge in [0.15, 0.2) is 23.1 Å². The van der Waals surface area contributed by atoms with Crippen LogP contribution < -0.4 is 32.3 Å². The molecule has 90 heavy (non-hydrogen) atoms. The summed E-state index contributed by atoms with van der Waals surface area (Å²) in [5, 5.41) is 34.9. The van der Waals surface area contributed by atoms with Crippen molar-refractivity contribution in [3.05, 3.63) is 0 Å². The molecule has 0 fully saturated rings. The quantitative estimate of drug-likeness (QED) is 0.0264. The summed E-state index contributed by atoms with van der Waals surface area (Å²) in [5.74, 6) is -8.17. The van der Waals surface area contributed by atoms with Gasteiger partial charge in [-0.15, -0.1) is 0 Å². The second-order valence-electron chi connectivity index (χ2n) is 27.2. The molecule has 17 nitrogen and oxygen atoms in total. The Kier molecular flexibility index (Phi) is 51.9. The third kappa shape index (κ3) is 38.8. The fourth-order valence-corrected chi connectivity index (χ4v) is 12.0. The number of aliphatic hydroxyl groups excluding tert-OH is 2. The number of ketones is 4. The zero-order valence-electron chi connectivity index (χ0n) is 59.1. The van der Waals surface area contributed by atoms with E-state index in [1.807, 2.05) is 48.5 Å². The number of carbonyl (C=O) groups excluding carboxylic acids is 9. The average molecular weight is 1270 g/mol. The molecule has 524 valence electrons. The van der Waals surface area contributed by atoms with Gasteiger partial charge in [-0.25, -0.2) is 0 Å². The molecule has 0 aliphatic heterocycles. The maximum absolute atomic E-state index is 14.7. The Morgan fingerprint density at radius 3 is 1.20 bits per heavy atom. The number of hydrogen-bond acceptors (Lipinski definition) is 12. The van der Waals surface area contributed by atoms with Gasteiger partial charge in [0.1, 0.15) is 12.1 Å². The van der Waals surface area contributed by atoms with Gasteiger partial charge in [-0.3, -0.25) is 43.2 Å². The summed E-state index contributed by atoms with van der Waals surface area (Å²) in [4.78, 5) is 126. The van der Waals surface area contributed by atoms with Gasteiger partial charge in [0.05, 0.1) is 37.3 Å². The van der Waals surface area contributed by atoms with Gasteiger partial charge in [0.2, 0.25) is 29.5 Å². The van der Waals surface area contributed by atoms with E-state index in [1.165, 1.54) is 109 Å². The highest BCUT2D eigenvalue weighted by Gasteiger charge is 2.38. The Hall–Kier alpha value is -4.09. The molecule has 0 spiro atoms. The van der Waals surface area contributed by atoms with Crippen LogP contribution in [0.1, 0.15) is 320 Å². The van der Waals surface area contributed by atoms with Crippen LogP contribution >= 0.6 is 0 Å². The van der Waals surface area contributed by atoms with Crippen molar-refractivity contribution in [3.63, 3.8) is 0 Å². The first-order valence-corrected chi connectivity index (χ1v) is 36.7. The molecular weight excluding hydrogens is 1140 g/mol. The number of aliphatic hydroxyl groups is 2. The molecule has 0 bridgehead atoms. The molecule has 0 aliphatic rings. The standard InChI is InChI=1S/C73H136N6O11/c1-12-18-20-22-24-26-28-29-30-32-33-35-37-39-44-61(75-67(86)45-40-38-36-34-31-27-25-23-21-19-13-2)73(90)79-69(56(11)16-5)66(85)50-59(54(9)14-3)72(89)78-68(55(10)15-4)65(84)49-58(51-80)71(88)76-60(43-41-42-46-74)64(83)48-57(47-53(7)8)70(87)77-62(52-81)63(82)17-6/h53-62,68-69,80-81H,12-52,74H2,1-11H3,(H,75,86)(H,76,88)(H,77,87)(H,78,89)(H,79,90)/t54-,55-,56-,57+,58-,59-,60-,61?,62-,68-,69-/m0/s1. The number of amides is 5. The van der Waals surface area contributed by atoms with E-state index in [2.05, 4.69) is 40.4 Å². The van der Waals surface area contributed by atoms with E-state index < -0.39 is 109 Å². The lowest BCUT2D eigenvalue weighted by atomic mass is 9.82. The van der Waals surface area contributed by atoms with Gasteiger partial charge in [0, 0.05) is 43.9 Å². The number of Topliss-reactive ketones (excluding diaryl/α,β-unsaturated/α-hetero) is 4. The monoisotopic (exact) mass is 1270 g/mol. The topological polar surface area (TPSA) is 280 Å². The molecule has 11 atom stereocenters. The first-order valence-electron chi connectivity index (χ1n) is 36.7. The first-order chi connectivity index (χ1) is 43.1. The maximum Gasteiger partial charge on any atom is 0.243 e. The van der Waals surface area contributed by atoms with Crippen molar-refractivity contribution in [2.45, 2.75) is 350 Å². The molecule has 0 aliphatic carbocycles. The molecule has 9 N–H and O–H groups in total. The van der Waals surface area contributed by atoms with Crippen molar-refractivity contribution in [1.29, 1.82) is 0 Å². The zero-order chi connectivity index (χ0) is 67.7. The average Bonchev–Trinajstić information content (AvgIpc) is 1.78. The summed E-state index contributed by atoms with van der Waals surface area (Å²) in [6, 6.07) is -5.07. The number of nitrogens with two attached hydrogens (primary N) is 1. The van der Waals surface area contributed by atoms with Gasteiger partial charge < -0.3 is 42.5 Å². The maximum atomic E-state index is 14.7. The SMILES string of the molecule is CCCCCCCCCCCCCCCCC(NC(=O)CCCCCCCCCCCCC)C(=O)N[C@H](C(=O)C[C@H](C(=O)N[C@H](C(=O)C[C@@H](CO)C(=O)N[C@@H](CCCCN)C(=O)C[C@@H](CC(C)C)C(=O)N[C@@H](CO)C(=O)CC)[C@@H](C)CC)[C@@H](C)CC)[C@@H](C)CC. The van der Waals surface area contributed by atoms with Crippen LogP contribution in [-0.2, 0) is 43.2 Å². The second-order valence-corrected chi connectivity index (χ2v) is 27.2. The van der Waals surface area contributed by atoms with Gasteiger partial charge in [0.25, 0.3) is 0 Å². The first kappa shape index (κ1) is 85.9. The van der Waals surface area contributed by atoms with Gasteiger partial charge in [-0.1, -0.05) is 250 Å². The third-order valence-corrected chi connectivity index (χ3v) is 18.8. The van der Waals surface area contributed by atoms with Crippen molar-refractivity contribution in [1.82, 2.24) is 26.6 Å². The molecular formula is C73H136N6O11. The summed E-state index contributed by atoms with van der Waals surface area (Å²) in [5.41, 5.74) is 5.79. The van der Waals surface area contributed by atoms with E-state index in [-0.39, 0.29) is 67.3 Å². The van der Waals surface area contributed by atoms with E-state index in [1.54, 1.807) is 13.8 Å². The minimum atomic E-state index is -1.30. The van der Waals surface area contributed by atoms with Gasteiger partial charge >= 0.3 is 0 Å². The highest BCUT2D eigenvalue weighted by Crippen LogP contribution is 2.26. The van der Waals surface area contributed by atoms with Crippen LogP contribution in [0.4, 0.5) is 0 Å². The van der Waals surface area contributed by atoms with Crippen LogP contribution in [0.2, 0.25) is 0 Å². The highest BCUT2D eigenvalue weighted by atomic mass is 16.3. The number of carbonyl (C=O) groups is 9. The largest absolute Gasteiger partial charge is 0.396 e. The fourth-order valence-electron chi connectivity index (χ4n) is 12.0. The predicted molar refractivity (Wildman–Crippen MR) is 365 cm³/mol. The van der Waals surface area contributed by atoms with E-state index in [0.29, 0.717) is 51.5 Å². The smallest absolute Gasteiger partial charge is 0.243 e. The molecule has 0 saturated carbocycles. The van der Waals surface area contributed by atoms with Crippen LogP contribution in [0.25, 0.3) is 0 Å². The molecule has 0 saturated heterocycles. The normalized spacial score (nSPS) is 15.3. The molecule has 0 heterocycles. The second kappa shape index (κ2) is 54.3. The van der Waals surface area contributed by atoms with Crippen molar-refractivity contribution < 1.29 is 53.4 Å². The van der Waals surface area contributed by atoms with Crippen LogP contribution in [0, 0.1) is 41.4 Å². The van der Waals surface area contributed by atoms with Gasteiger partial charge in [-0.2, -0.15) is 0 Å². The third-order valence-electron chi connectivity index (χ3n) is 18.8. The summed E-state index contributed by atoms with van der Waals surface area (Å²) >= 11 is 0. The molecule has 0 aromatic rings. The summed E-state index contributed by atoms with van der Waals surface area (Å²) in [6.07, 6.45) is 32.5. The van der Waals surface area contributed by atoms with Crippen LogP contribution in [0.5, 0.6) is 0 Å². The van der Waals surface area contributed by atoms with Crippen molar-refractivity contribution in [3.8, 4) is 0 Å². The lowest BCUT2D eigenvalue weighted by Gasteiger charge is -2.31. The van der Waals surface area contributed by atoms with Crippen molar-refractivity contribution in [2.75, 3.05) is 19.8 Å². The molecule has 0 aromatic heterocycles. The molecule has 0 radical (unpaired) electrons. The number of nitrogens with one attached hydrogen (secondary N) is 5. The molecule has 17 heteroatoms. The number of rotatable bonds is 61. The fraction of sp³-hybridized carbons (Fsp3) is 0.877. The lowest BCUT2D eigenvalue weighted by molar-refractivity contribution is -0.138. The Balaban J connectivity index is 6.41. The van der Waals surface area contributed by atoms with Crippen LogP contribution in [0.15, 0.2) is 0 Å². The van der Waals surface area contributed by atoms with Crippen LogP contribution in [-0.4, -0.2) is 113 Å². The van der Waals surface area contributed by atoms with Gasteiger partial charge in [-0.05, 0) is 68.7 Å². The van der Waals surface area contributed by atoms with E-state index in [9.17, 15) is 53.4 Å². The van der Waals surface area contributed by atoms with Crippen molar-refractivity contribution >= 4 is 52.7 Å². The zero-order valence-corrected chi connectivity index (χ0v) is 59.1. The minimum Gasteiger partial charge on any atom is -0.396 e.